The summed E-state index contributed by atoms with van der Waals surface area (Å²) in [7, 11) is 0. The number of rotatable bonds is 4. The molecule has 0 unspecified atom stereocenters. The second-order valence-corrected chi connectivity index (χ2v) is 5.86. The first-order valence-electron chi connectivity index (χ1n) is 7.13. The molecule has 124 valence electrons. The first-order chi connectivity index (χ1) is 10.1. The summed E-state index contributed by atoms with van der Waals surface area (Å²) in [5, 5.41) is 2.42. The van der Waals surface area contributed by atoms with Crippen molar-refractivity contribution >= 4 is 23.9 Å². The van der Waals surface area contributed by atoms with Crippen molar-refractivity contribution in [1.82, 2.24) is 10.2 Å². The van der Waals surface area contributed by atoms with Gasteiger partial charge in [-0.15, -0.1) is 0 Å². The fourth-order valence-electron chi connectivity index (χ4n) is 1.92. The number of piperidine rings is 1. The molecule has 1 aliphatic rings. The molecule has 0 aromatic carbocycles. The molecular formula is C14H22N2O6. The van der Waals surface area contributed by atoms with Crippen molar-refractivity contribution in [3.63, 3.8) is 0 Å². The van der Waals surface area contributed by atoms with Gasteiger partial charge in [0.1, 0.15) is 18.2 Å². The van der Waals surface area contributed by atoms with Crippen molar-refractivity contribution in [2.45, 2.75) is 52.2 Å². The Hall–Kier alpha value is -2.12. The number of alkyl carbamates (subject to hydrolysis) is 1. The van der Waals surface area contributed by atoms with E-state index in [1.807, 2.05) is 0 Å². The Morgan fingerprint density at radius 1 is 1.32 bits per heavy atom. The minimum absolute atomic E-state index is 0.0611. The van der Waals surface area contributed by atoms with Crippen molar-refractivity contribution < 1.29 is 28.7 Å². The molecule has 0 saturated carbocycles. The molecule has 0 spiro atoms. The Kier molecular flexibility index (Phi) is 5.90. The Morgan fingerprint density at radius 3 is 2.50 bits per heavy atom. The first kappa shape index (κ1) is 17.9. The third-order valence-electron chi connectivity index (χ3n) is 2.80. The quantitative estimate of drug-likeness (QED) is 0.602. The number of carbonyl (C=O) groups excluding carboxylic acids is 4. The number of amides is 3. The van der Waals surface area contributed by atoms with Gasteiger partial charge in [0, 0.05) is 6.42 Å². The minimum Gasteiger partial charge on any atom is -0.465 e. The number of nitrogens with zero attached hydrogens (tertiary/aromatic N) is 1. The normalized spacial score (nSPS) is 18.9. The van der Waals surface area contributed by atoms with Gasteiger partial charge in [0.15, 0.2) is 0 Å². The largest absolute Gasteiger partial charge is 0.465 e. The second-order valence-electron chi connectivity index (χ2n) is 5.86. The zero-order valence-electron chi connectivity index (χ0n) is 13.3. The number of ether oxygens (including phenoxy) is 2. The van der Waals surface area contributed by atoms with Crippen LogP contribution in [0, 0.1) is 0 Å². The van der Waals surface area contributed by atoms with Gasteiger partial charge in [-0.1, -0.05) is 0 Å². The van der Waals surface area contributed by atoms with Gasteiger partial charge in [0.2, 0.25) is 5.91 Å². The molecule has 1 atom stereocenters. The lowest BCUT2D eigenvalue weighted by molar-refractivity contribution is -0.158. The Labute approximate surface area is 129 Å². The highest BCUT2D eigenvalue weighted by Crippen LogP contribution is 2.14. The molecule has 0 aliphatic carbocycles. The highest BCUT2D eigenvalue weighted by molar-refractivity contribution is 6.03. The molecule has 8 nitrogen and oxygen atoms in total. The van der Waals surface area contributed by atoms with Gasteiger partial charge >= 0.3 is 12.1 Å². The lowest BCUT2D eigenvalue weighted by Crippen LogP contribution is -2.56. The van der Waals surface area contributed by atoms with E-state index in [4.69, 9.17) is 9.47 Å². The van der Waals surface area contributed by atoms with Crippen molar-refractivity contribution in [3.8, 4) is 0 Å². The van der Waals surface area contributed by atoms with Crippen LogP contribution >= 0.6 is 0 Å². The van der Waals surface area contributed by atoms with Gasteiger partial charge < -0.3 is 14.8 Å². The lowest BCUT2D eigenvalue weighted by Gasteiger charge is -2.31. The highest BCUT2D eigenvalue weighted by atomic mass is 16.6. The van der Waals surface area contributed by atoms with E-state index < -0.39 is 42.1 Å². The third kappa shape index (κ3) is 5.34. The molecule has 1 rings (SSSR count). The summed E-state index contributed by atoms with van der Waals surface area (Å²) >= 11 is 0. The van der Waals surface area contributed by atoms with Crippen LogP contribution in [0.25, 0.3) is 0 Å². The number of carbonyl (C=O) groups is 4. The number of nitrogens with one attached hydrogen (secondary N) is 1. The number of hydrogen-bond acceptors (Lipinski definition) is 6. The number of imide groups is 1. The maximum Gasteiger partial charge on any atom is 0.408 e. The van der Waals surface area contributed by atoms with Crippen LogP contribution in [-0.4, -0.2) is 53.6 Å². The van der Waals surface area contributed by atoms with Crippen LogP contribution in [-0.2, 0) is 23.9 Å². The molecule has 1 saturated heterocycles. The second kappa shape index (κ2) is 7.24. The predicted molar refractivity (Wildman–Crippen MR) is 75.7 cm³/mol. The van der Waals surface area contributed by atoms with Crippen molar-refractivity contribution in [3.05, 3.63) is 0 Å². The zero-order chi connectivity index (χ0) is 16.9. The number of likely N-dealkylation sites (tertiary alicyclic amines) is 1. The molecule has 22 heavy (non-hydrogen) atoms. The Bertz CT molecular complexity index is 468. The monoisotopic (exact) mass is 314 g/mol. The van der Waals surface area contributed by atoms with E-state index in [0.29, 0.717) is 0 Å². The van der Waals surface area contributed by atoms with Crippen molar-refractivity contribution in [2.24, 2.45) is 0 Å². The molecule has 1 aliphatic heterocycles. The standard InChI is InChI=1S/C14H22N2O6/c1-5-21-11(18)8-16-10(17)7-6-9(12(16)19)15-13(20)22-14(2,3)4/h9H,5-8H2,1-4H3,(H,15,20)/t9-/m0/s1. The van der Waals surface area contributed by atoms with Crippen molar-refractivity contribution in [2.75, 3.05) is 13.2 Å². The molecule has 0 aromatic heterocycles. The van der Waals surface area contributed by atoms with E-state index >= 15 is 0 Å². The summed E-state index contributed by atoms with van der Waals surface area (Å²) in [6, 6.07) is -0.887. The van der Waals surface area contributed by atoms with Gasteiger partial charge in [-0.25, -0.2) is 4.79 Å². The van der Waals surface area contributed by atoms with Gasteiger partial charge in [0.05, 0.1) is 6.61 Å². The van der Waals surface area contributed by atoms with Gasteiger partial charge in [-0.3, -0.25) is 19.3 Å². The van der Waals surface area contributed by atoms with E-state index in [9.17, 15) is 19.2 Å². The summed E-state index contributed by atoms with van der Waals surface area (Å²) in [6.45, 7) is 6.45. The topological polar surface area (TPSA) is 102 Å². The first-order valence-corrected chi connectivity index (χ1v) is 7.13. The number of esters is 1. The van der Waals surface area contributed by atoms with Crippen molar-refractivity contribution in [1.29, 1.82) is 0 Å². The Morgan fingerprint density at radius 2 is 1.95 bits per heavy atom. The van der Waals surface area contributed by atoms with Crippen LogP contribution in [0.1, 0.15) is 40.5 Å². The fourth-order valence-corrected chi connectivity index (χ4v) is 1.92. The van der Waals surface area contributed by atoms with E-state index in [0.717, 1.165) is 4.90 Å². The van der Waals surface area contributed by atoms with Crippen LogP contribution in [0.5, 0.6) is 0 Å². The van der Waals surface area contributed by atoms with Crippen LogP contribution in [0.4, 0.5) is 4.79 Å². The van der Waals surface area contributed by atoms with Gasteiger partial charge in [-0.05, 0) is 34.1 Å². The molecule has 0 radical (unpaired) electrons. The molecule has 8 heteroatoms. The zero-order valence-corrected chi connectivity index (χ0v) is 13.3. The van der Waals surface area contributed by atoms with Gasteiger partial charge in [0.25, 0.3) is 5.91 Å². The molecule has 0 aromatic rings. The molecule has 1 heterocycles. The summed E-state index contributed by atoms with van der Waals surface area (Å²) in [5.41, 5.74) is -0.692. The molecule has 1 N–H and O–H groups in total. The summed E-state index contributed by atoms with van der Waals surface area (Å²) in [4.78, 5) is 47.9. The Balaban J connectivity index is 2.67. The SMILES string of the molecule is CCOC(=O)CN1C(=O)CC[C@H](NC(=O)OC(C)(C)C)C1=O. The molecular weight excluding hydrogens is 292 g/mol. The molecule has 3 amide bonds. The van der Waals surface area contributed by atoms with E-state index in [1.165, 1.54) is 0 Å². The maximum atomic E-state index is 12.2. The fraction of sp³-hybridized carbons (Fsp3) is 0.714. The number of hydrogen-bond donors (Lipinski definition) is 1. The maximum absolute atomic E-state index is 12.2. The average Bonchev–Trinajstić information content (AvgIpc) is 2.36. The van der Waals surface area contributed by atoms with Crippen LogP contribution in [0.2, 0.25) is 0 Å². The average molecular weight is 314 g/mol. The van der Waals surface area contributed by atoms with Crippen LogP contribution < -0.4 is 5.32 Å². The van der Waals surface area contributed by atoms with E-state index in [1.54, 1.807) is 27.7 Å². The minimum atomic E-state index is -0.887. The smallest absolute Gasteiger partial charge is 0.408 e. The van der Waals surface area contributed by atoms with E-state index in [-0.39, 0.29) is 19.4 Å². The molecule has 1 fully saturated rings. The van der Waals surface area contributed by atoms with Crippen LogP contribution in [0.15, 0.2) is 0 Å². The summed E-state index contributed by atoms with van der Waals surface area (Å²) in [6.07, 6.45) is -0.502. The highest BCUT2D eigenvalue weighted by Gasteiger charge is 2.37. The van der Waals surface area contributed by atoms with Gasteiger partial charge in [-0.2, -0.15) is 0 Å². The lowest BCUT2D eigenvalue weighted by atomic mass is 10.0. The van der Waals surface area contributed by atoms with E-state index in [2.05, 4.69) is 5.32 Å². The van der Waals surface area contributed by atoms with Crippen LogP contribution in [0.3, 0.4) is 0 Å². The summed E-state index contributed by atoms with van der Waals surface area (Å²) < 4.78 is 9.80. The predicted octanol–water partition coefficient (Wildman–Crippen LogP) is 0.592. The third-order valence-corrected chi connectivity index (χ3v) is 2.80. The summed E-state index contributed by atoms with van der Waals surface area (Å²) in [5.74, 6) is -1.75. The molecule has 0 bridgehead atoms.